The summed E-state index contributed by atoms with van der Waals surface area (Å²) in [5.41, 5.74) is 0.604. The van der Waals surface area contributed by atoms with Crippen molar-refractivity contribution >= 4 is 17.4 Å². The van der Waals surface area contributed by atoms with E-state index in [0.29, 0.717) is 29.2 Å². The lowest BCUT2D eigenvalue weighted by atomic mass is 9.98. The molecule has 1 aromatic carbocycles. The predicted molar refractivity (Wildman–Crippen MR) is 103 cm³/mol. The first-order valence-corrected chi connectivity index (χ1v) is 9.46. The van der Waals surface area contributed by atoms with E-state index < -0.39 is 23.5 Å². The minimum Gasteiger partial charge on any atom is -0.507 e. The van der Waals surface area contributed by atoms with Crippen molar-refractivity contribution in [1.82, 2.24) is 4.90 Å². The SMILES string of the molecule is CCCCCN1C(=O)C(=O)/C(=C(\O)c2ccc(F)c(C)c2)C1c1ccc(C)o1. The fourth-order valence-electron chi connectivity index (χ4n) is 3.49. The zero-order chi connectivity index (χ0) is 20.4. The van der Waals surface area contributed by atoms with E-state index in [-0.39, 0.29) is 11.3 Å². The van der Waals surface area contributed by atoms with E-state index in [9.17, 15) is 19.1 Å². The average Bonchev–Trinajstić information content (AvgIpc) is 3.19. The number of unbranched alkanes of at least 4 members (excludes halogenated alkanes) is 2. The summed E-state index contributed by atoms with van der Waals surface area (Å²) < 4.78 is 19.3. The molecule has 5 nitrogen and oxygen atoms in total. The van der Waals surface area contributed by atoms with Crippen molar-refractivity contribution < 1.29 is 23.5 Å². The van der Waals surface area contributed by atoms with Gasteiger partial charge in [0.2, 0.25) is 0 Å². The number of halogens is 1. The van der Waals surface area contributed by atoms with Crippen molar-refractivity contribution in [2.24, 2.45) is 0 Å². The van der Waals surface area contributed by atoms with Crippen molar-refractivity contribution in [2.75, 3.05) is 6.54 Å². The summed E-state index contributed by atoms with van der Waals surface area (Å²) in [6.45, 7) is 5.79. The van der Waals surface area contributed by atoms with Gasteiger partial charge in [-0.3, -0.25) is 9.59 Å². The quantitative estimate of drug-likeness (QED) is 0.340. The number of ketones is 1. The van der Waals surface area contributed by atoms with Crippen LogP contribution in [-0.2, 0) is 9.59 Å². The number of Topliss-reactive ketones (excluding diaryl/α,β-unsaturated/α-hetero) is 1. The molecular weight excluding hydrogens is 361 g/mol. The maximum absolute atomic E-state index is 13.6. The summed E-state index contributed by atoms with van der Waals surface area (Å²) in [6.07, 6.45) is 2.64. The molecule has 0 bridgehead atoms. The van der Waals surface area contributed by atoms with Crippen LogP contribution in [0, 0.1) is 19.7 Å². The van der Waals surface area contributed by atoms with E-state index in [1.54, 1.807) is 26.0 Å². The van der Waals surface area contributed by atoms with Crippen molar-refractivity contribution in [2.45, 2.75) is 46.1 Å². The van der Waals surface area contributed by atoms with Crippen LogP contribution < -0.4 is 0 Å². The average molecular weight is 385 g/mol. The third-order valence-electron chi connectivity index (χ3n) is 5.00. The van der Waals surface area contributed by atoms with Gasteiger partial charge in [-0.2, -0.15) is 0 Å². The van der Waals surface area contributed by atoms with E-state index in [1.807, 2.05) is 0 Å². The van der Waals surface area contributed by atoms with Gasteiger partial charge in [-0.1, -0.05) is 19.8 Å². The zero-order valence-corrected chi connectivity index (χ0v) is 16.3. The molecule has 1 saturated heterocycles. The molecular formula is C22H24FNO4. The lowest BCUT2D eigenvalue weighted by molar-refractivity contribution is -0.140. The van der Waals surface area contributed by atoms with Gasteiger partial charge in [0.05, 0.1) is 5.57 Å². The third kappa shape index (κ3) is 3.59. The van der Waals surface area contributed by atoms with Crippen LogP contribution >= 0.6 is 0 Å². The molecule has 6 heteroatoms. The van der Waals surface area contributed by atoms with Gasteiger partial charge in [-0.05, 0) is 56.2 Å². The number of amides is 1. The van der Waals surface area contributed by atoms with Gasteiger partial charge in [-0.15, -0.1) is 0 Å². The number of carbonyl (C=O) groups is 2. The largest absolute Gasteiger partial charge is 0.507 e. The fourth-order valence-corrected chi connectivity index (χ4v) is 3.49. The second-order valence-electron chi connectivity index (χ2n) is 7.11. The second kappa shape index (κ2) is 8.00. The Morgan fingerprint density at radius 3 is 2.54 bits per heavy atom. The molecule has 1 aliphatic rings. The summed E-state index contributed by atoms with van der Waals surface area (Å²) in [7, 11) is 0. The smallest absolute Gasteiger partial charge is 0.295 e. The minimum absolute atomic E-state index is 0.0261. The van der Waals surface area contributed by atoms with E-state index in [1.165, 1.54) is 23.1 Å². The van der Waals surface area contributed by atoms with Crippen LogP contribution in [0.2, 0.25) is 0 Å². The van der Waals surface area contributed by atoms with Crippen molar-refractivity contribution in [3.8, 4) is 0 Å². The number of aryl methyl sites for hydroxylation is 2. The van der Waals surface area contributed by atoms with E-state index in [0.717, 1.165) is 19.3 Å². The predicted octanol–water partition coefficient (Wildman–Crippen LogP) is 4.65. The van der Waals surface area contributed by atoms with Crippen LogP contribution in [0.5, 0.6) is 0 Å². The highest BCUT2D eigenvalue weighted by molar-refractivity contribution is 6.46. The van der Waals surface area contributed by atoms with Crippen LogP contribution in [0.25, 0.3) is 5.76 Å². The van der Waals surface area contributed by atoms with Gasteiger partial charge in [0, 0.05) is 12.1 Å². The molecule has 1 unspecified atom stereocenters. The normalized spacial score (nSPS) is 18.9. The monoisotopic (exact) mass is 385 g/mol. The number of hydrogen-bond acceptors (Lipinski definition) is 4. The molecule has 1 aliphatic heterocycles. The maximum Gasteiger partial charge on any atom is 0.295 e. The number of aliphatic hydroxyl groups excluding tert-OH is 1. The fraction of sp³-hybridized carbons (Fsp3) is 0.364. The molecule has 1 aromatic heterocycles. The summed E-state index contributed by atoms with van der Waals surface area (Å²) in [4.78, 5) is 26.9. The van der Waals surface area contributed by atoms with Crippen LogP contribution in [-0.4, -0.2) is 28.2 Å². The van der Waals surface area contributed by atoms with Crippen molar-refractivity contribution in [1.29, 1.82) is 0 Å². The second-order valence-corrected chi connectivity index (χ2v) is 7.11. The van der Waals surface area contributed by atoms with E-state index in [2.05, 4.69) is 6.92 Å². The lowest BCUT2D eigenvalue weighted by Gasteiger charge is -2.23. The molecule has 0 radical (unpaired) electrons. The zero-order valence-electron chi connectivity index (χ0n) is 16.3. The first-order valence-electron chi connectivity index (χ1n) is 9.46. The van der Waals surface area contributed by atoms with Crippen LogP contribution in [0.15, 0.2) is 40.3 Å². The highest BCUT2D eigenvalue weighted by Crippen LogP contribution is 2.40. The number of hydrogen-bond donors (Lipinski definition) is 1. The summed E-state index contributed by atoms with van der Waals surface area (Å²) >= 11 is 0. The Labute approximate surface area is 163 Å². The number of aliphatic hydroxyl groups is 1. The highest BCUT2D eigenvalue weighted by Gasteiger charge is 2.47. The number of rotatable bonds is 6. The molecule has 1 N–H and O–H groups in total. The molecule has 2 aromatic rings. The number of carbonyl (C=O) groups excluding carboxylic acids is 2. The number of nitrogens with zero attached hydrogens (tertiary/aromatic N) is 1. The Morgan fingerprint density at radius 2 is 1.93 bits per heavy atom. The molecule has 1 amide bonds. The van der Waals surface area contributed by atoms with E-state index in [4.69, 9.17) is 4.42 Å². The Hall–Kier alpha value is -2.89. The molecule has 148 valence electrons. The third-order valence-corrected chi connectivity index (χ3v) is 5.00. The first kappa shape index (κ1) is 19.9. The molecule has 0 saturated carbocycles. The van der Waals surface area contributed by atoms with Gasteiger partial charge < -0.3 is 14.4 Å². The Bertz CT molecular complexity index is 944. The first-order chi connectivity index (χ1) is 13.3. The highest BCUT2D eigenvalue weighted by atomic mass is 19.1. The standard InChI is InChI=1S/C22H24FNO4/c1-4-5-6-11-24-19(17-10-7-14(3)28-17)18(21(26)22(24)27)20(25)15-8-9-16(23)13(2)12-15/h7-10,12,19,25H,4-6,11H2,1-3H3/b20-18-. The van der Waals surface area contributed by atoms with Crippen LogP contribution in [0.1, 0.15) is 54.9 Å². The van der Waals surface area contributed by atoms with Gasteiger partial charge in [0.25, 0.3) is 11.7 Å². The van der Waals surface area contributed by atoms with Gasteiger partial charge in [-0.25, -0.2) is 4.39 Å². The Morgan fingerprint density at radius 1 is 1.18 bits per heavy atom. The number of likely N-dealkylation sites (tertiary alicyclic amines) is 1. The van der Waals surface area contributed by atoms with Gasteiger partial charge in [0.1, 0.15) is 29.1 Å². The lowest BCUT2D eigenvalue weighted by Crippen LogP contribution is -2.30. The number of benzene rings is 1. The van der Waals surface area contributed by atoms with Crippen molar-refractivity contribution in [3.63, 3.8) is 0 Å². The van der Waals surface area contributed by atoms with Gasteiger partial charge in [0.15, 0.2) is 0 Å². The van der Waals surface area contributed by atoms with Crippen LogP contribution in [0.3, 0.4) is 0 Å². The molecule has 0 spiro atoms. The molecule has 3 rings (SSSR count). The minimum atomic E-state index is -0.795. The summed E-state index contributed by atoms with van der Waals surface area (Å²) in [6, 6.07) is 6.75. The molecule has 28 heavy (non-hydrogen) atoms. The van der Waals surface area contributed by atoms with Crippen molar-refractivity contribution in [3.05, 3.63) is 64.4 Å². The Balaban J connectivity index is 2.11. The molecule has 2 heterocycles. The number of furan rings is 1. The van der Waals surface area contributed by atoms with E-state index >= 15 is 0 Å². The molecule has 0 aliphatic carbocycles. The summed E-state index contributed by atoms with van der Waals surface area (Å²) in [5, 5.41) is 10.9. The topological polar surface area (TPSA) is 70.8 Å². The van der Waals surface area contributed by atoms with Crippen LogP contribution in [0.4, 0.5) is 4.39 Å². The Kier molecular flexibility index (Phi) is 5.68. The van der Waals surface area contributed by atoms with Gasteiger partial charge >= 0.3 is 0 Å². The maximum atomic E-state index is 13.6. The summed E-state index contributed by atoms with van der Waals surface area (Å²) in [5.74, 6) is -1.07. The molecule has 1 atom stereocenters. The molecule has 1 fully saturated rings.